The average Bonchev–Trinajstić information content (AvgIpc) is 2.36. The van der Waals surface area contributed by atoms with E-state index in [2.05, 4.69) is 0 Å². The minimum absolute atomic E-state index is 0.00668. The van der Waals surface area contributed by atoms with Crippen LogP contribution in [-0.2, 0) is 4.74 Å². The first-order valence-electron chi connectivity index (χ1n) is 5.82. The number of rotatable bonds is 5. The highest BCUT2D eigenvalue weighted by atomic mass is 16.5. The summed E-state index contributed by atoms with van der Waals surface area (Å²) in [6.07, 6.45) is 0. The summed E-state index contributed by atoms with van der Waals surface area (Å²) in [7, 11) is 0. The van der Waals surface area contributed by atoms with Crippen molar-refractivity contribution in [2.75, 3.05) is 13.2 Å². The first kappa shape index (κ1) is 13.7. The van der Waals surface area contributed by atoms with Crippen LogP contribution < -0.4 is 0 Å². The smallest absolute Gasteiger partial charge is 0.338 e. The summed E-state index contributed by atoms with van der Waals surface area (Å²) in [6, 6.07) is 8.87. The summed E-state index contributed by atoms with van der Waals surface area (Å²) >= 11 is 0. The van der Waals surface area contributed by atoms with Gasteiger partial charge in [0.25, 0.3) is 0 Å². The van der Waals surface area contributed by atoms with Crippen LogP contribution in [0.5, 0.6) is 0 Å². The van der Waals surface area contributed by atoms with E-state index in [1.165, 1.54) is 0 Å². The second kappa shape index (κ2) is 5.82. The molecule has 0 saturated carbocycles. The molecule has 1 aromatic carbocycles. The molecule has 1 atom stereocenters. The third-order valence-corrected chi connectivity index (χ3v) is 3.30. The summed E-state index contributed by atoms with van der Waals surface area (Å²) in [5.41, 5.74) is 0.154. The molecule has 3 heteroatoms. The number of ether oxygens (including phenoxy) is 1. The molecule has 0 aromatic heterocycles. The minimum atomic E-state index is -0.384. The Labute approximate surface area is 102 Å². The molecule has 3 nitrogen and oxygen atoms in total. The molecule has 0 spiro atoms. The summed E-state index contributed by atoms with van der Waals surface area (Å²) in [5, 5.41) is 9.35. The second-order valence-electron chi connectivity index (χ2n) is 4.91. The van der Waals surface area contributed by atoms with Crippen molar-refractivity contribution in [3.8, 4) is 0 Å². The highest BCUT2D eigenvalue weighted by Crippen LogP contribution is 2.26. The lowest BCUT2D eigenvalue weighted by molar-refractivity contribution is -0.00133. The number of aliphatic hydroxyl groups is 1. The Morgan fingerprint density at radius 1 is 1.35 bits per heavy atom. The van der Waals surface area contributed by atoms with E-state index in [0.717, 1.165) is 0 Å². The van der Waals surface area contributed by atoms with Crippen molar-refractivity contribution in [3.63, 3.8) is 0 Å². The number of aliphatic hydroxyl groups excluding tert-OH is 1. The molecule has 0 aliphatic heterocycles. The van der Waals surface area contributed by atoms with Gasteiger partial charge in [0.15, 0.2) is 0 Å². The SMILES string of the molecule is CC(C)[C@](C)(CO)COC(=O)c1ccccc1. The summed E-state index contributed by atoms with van der Waals surface area (Å²) in [4.78, 5) is 11.7. The molecule has 1 rings (SSSR count). The summed E-state index contributed by atoms with van der Waals surface area (Å²) in [6.45, 7) is 6.16. The molecule has 1 aromatic rings. The number of hydrogen-bond acceptors (Lipinski definition) is 3. The van der Waals surface area contributed by atoms with Crippen molar-refractivity contribution >= 4 is 5.97 Å². The van der Waals surface area contributed by atoms with Gasteiger partial charge in [0, 0.05) is 5.41 Å². The first-order chi connectivity index (χ1) is 7.99. The summed E-state index contributed by atoms with van der Waals surface area (Å²) in [5.74, 6) is -0.0954. The molecule has 1 N–H and O–H groups in total. The molecule has 17 heavy (non-hydrogen) atoms. The Hall–Kier alpha value is -1.35. The normalized spacial score (nSPS) is 14.4. The number of hydrogen-bond donors (Lipinski definition) is 1. The maximum atomic E-state index is 11.7. The van der Waals surface area contributed by atoms with Gasteiger partial charge in [0.1, 0.15) is 0 Å². The standard InChI is InChI=1S/C14H20O3/c1-11(2)14(3,9-15)10-17-13(16)12-7-5-4-6-8-12/h4-8,11,15H,9-10H2,1-3H3/t14-/m1/s1. The van der Waals surface area contributed by atoms with Crippen LogP contribution in [0.4, 0.5) is 0 Å². The summed E-state index contributed by atoms with van der Waals surface area (Å²) < 4.78 is 5.25. The fraction of sp³-hybridized carbons (Fsp3) is 0.500. The molecule has 0 unspecified atom stereocenters. The molecule has 0 amide bonds. The van der Waals surface area contributed by atoms with Crippen molar-refractivity contribution in [1.82, 2.24) is 0 Å². The third kappa shape index (κ3) is 3.56. The topological polar surface area (TPSA) is 46.5 Å². The molecule has 0 fully saturated rings. The van der Waals surface area contributed by atoms with E-state index in [1.807, 2.05) is 26.8 Å². The van der Waals surface area contributed by atoms with Gasteiger partial charge in [-0.3, -0.25) is 0 Å². The van der Waals surface area contributed by atoms with Gasteiger partial charge in [-0.15, -0.1) is 0 Å². The van der Waals surface area contributed by atoms with Crippen molar-refractivity contribution in [1.29, 1.82) is 0 Å². The quantitative estimate of drug-likeness (QED) is 0.799. The molecular formula is C14H20O3. The molecule has 0 aliphatic carbocycles. The monoisotopic (exact) mass is 236 g/mol. The zero-order chi connectivity index (χ0) is 12.9. The van der Waals surface area contributed by atoms with Gasteiger partial charge in [-0.25, -0.2) is 4.79 Å². The van der Waals surface area contributed by atoms with Gasteiger partial charge in [-0.05, 0) is 18.1 Å². The lowest BCUT2D eigenvalue weighted by atomic mass is 9.81. The Morgan fingerprint density at radius 2 is 1.94 bits per heavy atom. The van der Waals surface area contributed by atoms with Crippen LogP contribution in [0.2, 0.25) is 0 Å². The van der Waals surface area contributed by atoms with Crippen LogP contribution in [-0.4, -0.2) is 24.3 Å². The van der Waals surface area contributed by atoms with Gasteiger partial charge in [-0.1, -0.05) is 39.0 Å². The van der Waals surface area contributed by atoms with Gasteiger partial charge in [-0.2, -0.15) is 0 Å². The van der Waals surface area contributed by atoms with Crippen LogP contribution in [0.1, 0.15) is 31.1 Å². The van der Waals surface area contributed by atoms with Gasteiger partial charge < -0.3 is 9.84 Å². The molecular weight excluding hydrogens is 216 g/mol. The number of carbonyl (C=O) groups is 1. The Kier molecular flexibility index (Phi) is 4.70. The van der Waals surface area contributed by atoms with Crippen LogP contribution in [0.15, 0.2) is 30.3 Å². The van der Waals surface area contributed by atoms with Crippen molar-refractivity contribution in [2.45, 2.75) is 20.8 Å². The predicted octanol–water partition coefficient (Wildman–Crippen LogP) is 2.50. The van der Waals surface area contributed by atoms with Crippen LogP contribution >= 0.6 is 0 Å². The van der Waals surface area contributed by atoms with Gasteiger partial charge >= 0.3 is 5.97 Å². The first-order valence-corrected chi connectivity index (χ1v) is 5.82. The Bertz CT molecular complexity index is 359. The lowest BCUT2D eigenvalue weighted by Gasteiger charge is -2.30. The van der Waals surface area contributed by atoms with E-state index in [1.54, 1.807) is 24.3 Å². The number of esters is 1. The molecule has 0 radical (unpaired) electrons. The minimum Gasteiger partial charge on any atom is -0.461 e. The van der Waals surface area contributed by atoms with Crippen molar-refractivity contribution in [3.05, 3.63) is 35.9 Å². The predicted molar refractivity (Wildman–Crippen MR) is 66.8 cm³/mol. The van der Waals surface area contributed by atoms with Crippen LogP contribution in [0, 0.1) is 11.3 Å². The second-order valence-corrected chi connectivity index (χ2v) is 4.91. The molecule has 0 heterocycles. The molecule has 0 saturated heterocycles. The third-order valence-electron chi connectivity index (χ3n) is 3.30. The Morgan fingerprint density at radius 3 is 2.41 bits per heavy atom. The highest BCUT2D eigenvalue weighted by Gasteiger charge is 2.29. The van der Waals surface area contributed by atoms with E-state index in [0.29, 0.717) is 5.56 Å². The zero-order valence-corrected chi connectivity index (χ0v) is 10.6. The van der Waals surface area contributed by atoms with Crippen LogP contribution in [0.3, 0.4) is 0 Å². The van der Waals surface area contributed by atoms with E-state index in [9.17, 15) is 9.90 Å². The van der Waals surface area contributed by atoms with Gasteiger partial charge in [0.2, 0.25) is 0 Å². The number of carbonyl (C=O) groups excluding carboxylic acids is 1. The molecule has 94 valence electrons. The average molecular weight is 236 g/mol. The lowest BCUT2D eigenvalue weighted by Crippen LogP contribution is -2.34. The Balaban J connectivity index is 2.59. The molecule has 0 bridgehead atoms. The maximum Gasteiger partial charge on any atom is 0.338 e. The van der Waals surface area contributed by atoms with E-state index in [4.69, 9.17) is 4.74 Å². The van der Waals surface area contributed by atoms with Crippen molar-refractivity contribution in [2.24, 2.45) is 11.3 Å². The fourth-order valence-corrected chi connectivity index (χ4v) is 1.28. The molecule has 0 aliphatic rings. The van der Waals surface area contributed by atoms with Crippen molar-refractivity contribution < 1.29 is 14.6 Å². The zero-order valence-electron chi connectivity index (χ0n) is 10.6. The van der Waals surface area contributed by atoms with E-state index in [-0.39, 0.29) is 30.5 Å². The highest BCUT2D eigenvalue weighted by molar-refractivity contribution is 5.89. The number of benzene rings is 1. The van der Waals surface area contributed by atoms with E-state index >= 15 is 0 Å². The van der Waals surface area contributed by atoms with Crippen LogP contribution in [0.25, 0.3) is 0 Å². The fourth-order valence-electron chi connectivity index (χ4n) is 1.28. The maximum absolute atomic E-state index is 11.7. The largest absolute Gasteiger partial charge is 0.461 e. The van der Waals surface area contributed by atoms with E-state index < -0.39 is 0 Å². The van der Waals surface area contributed by atoms with Gasteiger partial charge in [0.05, 0.1) is 18.8 Å².